The summed E-state index contributed by atoms with van der Waals surface area (Å²) in [5.41, 5.74) is 4.15. The molecular formula is C29H45N5O5S. The Bertz CT molecular complexity index is 1300. The van der Waals surface area contributed by atoms with Gasteiger partial charge in [-0.3, -0.25) is 14.6 Å². The zero-order chi connectivity index (χ0) is 29.9. The molecule has 4 N–H and O–H groups in total. The maximum atomic E-state index is 14.2. The van der Waals surface area contributed by atoms with E-state index in [4.69, 9.17) is 5.73 Å². The minimum atomic E-state index is -3.97. The van der Waals surface area contributed by atoms with Crippen molar-refractivity contribution < 1.29 is 18.3 Å². The third kappa shape index (κ3) is 8.47. The number of carbonyl (C=O) groups is 1. The SMILES string of the molecule is CCCCC(CC)CN(CC(CC)CCCC)S(=O)(=O)c1ccccc1N=Nc1c(C)c(C(N)=O)c(O)[nH]c1=O. The van der Waals surface area contributed by atoms with Crippen LogP contribution in [0.2, 0.25) is 0 Å². The number of aromatic nitrogens is 1. The average molecular weight is 576 g/mol. The number of hydrogen-bond acceptors (Lipinski definition) is 7. The number of benzene rings is 1. The number of nitrogens with two attached hydrogens (primary N) is 1. The number of nitrogens with one attached hydrogen (secondary N) is 1. The molecule has 0 saturated carbocycles. The van der Waals surface area contributed by atoms with E-state index in [-0.39, 0.29) is 39.2 Å². The lowest BCUT2D eigenvalue weighted by atomic mass is 9.97. The van der Waals surface area contributed by atoms with E-state index in [1.165, 1.54) is 19.1 Å². The largest absolute Gasteiger partial charge is 0.494 e. The molecule has 0 aliphatic carbocycles. The van der Waals surface area contributed by atoms with Gasteiger partial charge in [0.25, 0.3) is 11.5 Å². The van der Waals surface area contributed by atoms with Crippen LogP contribution < -0.4 is 11.3 Å². The predicted octanol–water partition coefficient (Wildman–Crippen LogP) is 6.33. The van der Waals surface area contributed by atoms with Gasteiger partial charge in [-0.15, -0.1) is 10.2 Å². The molecule has 40 heavy (non-hydrogen) atoms. The van der Waals surface area contributed by atoms with Crippen LogP contribution in [-0.4, -0.2) is 41.8 Å². The Balaban J connectivity index is 2.57. The van der Waals surface area contributed by atoms with Crippen LogP contribution in [0.3, 0.4) is 0 Å². The first-order valence-electron chi connectivity index (χ1n) is 14.3. The van der Waals surface area contributed by atoms with Gasteiger partial charge in [0.05, 0.1) is 0 Å². The summed E-state index contributed by atoms with van der Waals surface area (Å²) < 4.78 is 30.0. The Morgan fingerprint density at radius 3 is 2.05 bits per heavy atom. The van der Waals surface area contributed by atoms with Crippen molar-refractivity contribution in [3.63, 3.8) is 0 Å². The van der Waals surface area contributed by atoms with Gasteiger partial charge in [0.2, 0.25) is 15.9 Å². The number of pyridine rings is 1. The first-order chi connectivity index (χ1) is 19.0. The number of sulfonamides is 1. The lowest BCUT2D eigenvalue weighted by Crippen LogP contribution is -2.39. The van der Waals surface area contributed by atoms with Crippen LogP contribution in [0.15, 0.2) is 44.2 Å². The molecule has 0 radical (unpaired) electrons. The summed E-state index contributed by atoms with van der Waals surface area (Å²) in [5, 5.41) is 18.1. The average Bonchev–Trinajstić information content (AvgIpc) is 2.91. The molecule has 1 heterocycles. The minimum Gasteiger partial charge on any atom is -0.494 e. The summed E-state index contributed by atoms with van der Waals surface area (Å²) >= 11 is 0. The molecule has 1 aromatic heterocycles. The van der Waals surface area contributed by atoms with E-state index in [0.717, 1.165) is 51.4 Å². The molecular weight excluding hydrogens is 530 g/mol. The maximum absolute atomic E-state index is 14.2. The summed E-state index contributed by atoms with van der Waals surface area (Å²) in [6, 6.07) is 6.30. The standard InChI is InChI=1S/C29H45N5O5S/c1-6-10-14-21(8-3)18-34(19-22(9-4)15-11-7-2)40(38,39)24-17-13-12-16-23(24)32-33-26-20(5)25(27(30)35)28(36)31-29(26)37/h12-13,16-17,21-22H,6-11,14-15,18-19H2,1-5H3,(H2,30,35)(H2,31,36,37). The maximum Gasteiger partial charge on any atom is 0.278 e. The van der Waals surface area contributed by atoms with Crippen molar-refractivity contribution in [3.05, 3.63) is 45.7 Å². The van der Waals surface area contributed by atoms with Gasteiger partial charge in [-0.1, -0.05) is 78.4 Å². The molecule has 2 aromatic rings. The van der Waals surface area contributed by atoms with E-state index >= 15 is 0 Å². The number of amides is 1. The molecule has 2 atom stereocenters. The molecule has 0 spiro atoms. The quantitative estimate of drug-likeness (QED) is 0.188. The number of primary amides is 1. The Labute approximate surface area is 238 Å². The number of H-pyrrole nitrogens is 1. The van der Waals surface area contributed by atoms with Crippen molar-refractivity contribution in [2.45, 2.75) is 90.9 Å². The van der Waals surface area contributed by atoms with Crippen LogP contribution in [0.1, 0.15) is 95.0 Å². The second-order valence-corrected chi connectivity index (χ2v) is 12.2. The molecule has 222 valence electrons. The van der Waals surface area contributed by atoms with Gasteiger partial charge in [-0.05, 0) is 43.7 Å². The highest BCUT2D eigenvalue weighted by molar-refractivity contribution is 7.89. The molecule has 10 nitrogen and oxygen atoms in total. The number of azo groups is 1. The van der Waals surface area contributed by atoms with E-state index in [1.807, 2.05) is 0 Å². The molecule has 1 amide bonds. The Hall–Kier alpha value is -3.05. The fourth-order valence-corrected chi connectivity index (χ4v) is 6.52. The summed E-state index contributed by atoms with van der Waals surface area (Å²) in [6.07, 6.45) is 7.85. The first-order valence-corrected chi connectivity index (χ1v) is 15.7. The fraction of sp³-hybridized carbons (Fsp3) is 0.586. The normalized spacial score (nSPS) is 13.7. The topological polar surface area (TPSA) is 158 Å². The summed E-state index contributed by atoms with van der Waals surface area (Å²) in [6.45, 7) is 10.7. The smallest absolute Gasteiger partial charge is 0.278 e. The monoisotopic (exact) mass is 575 g/mol. The van der Waals surface area contributed by atoms with Crippen molar-refractivity contribution in [1.29, 1.82) is 0 Å². The van der Waals surface area contributed by atoms with Gasteiger partial charge in [0, 0.05) is 18.7 Å². The third-order valence-electron chi connectivity index (χ3n) is 7.41. The Morgan fingerprint density at radius 2 is 1.55 bits per heavy atom. The van der Waals surface area contributed by atoms with Gasteiger partial charge in [-0.2, -0.15) is 4.31 Å². The number of nitrogens with zero attached hydrogens (tertiary/aromatic N) is 3. The predicted molar refractivity (Wildman–Crippen MR) is 158 cm³/mol. The van der Waals surface area contributed by atoms with Crippen molar-refractivity contribution in [3.8, 4) is 5.88 Å². The second-order valence-electron chi connectivity index (χ2n) is 10.3. The Kier molecular flexibility index (Phi) is 13.0. The highest BCUT2D eigenvalue weighted by Crippen LogP contribution is 2.32. The zero-order valence-corrected chi connectivity index (χ0v) is 25.3. The fourth-order valence-electron chi connectivity index (χ4n) is 4.80. The van der Waals surface area contributed by atoms with Crippen LogP contribution in [0.5, 0.6) is 5.88 Å². The number of rotatable bonds is 17. The Morgan fingerprint density at radius 1 is 1.00 bits per heavy atom. The van der Waals surface area contributed by atoms with E-state index < -0.39 is 27.4 Å². The highest BCUT2D eigenvalue weighted by Gasteiger charge is 2.31. The summed E-state index contributed by atoms with van der Waals surface area (Å²) in [7, 11) is -3.97. The minimum absolute atomic E-state index is 0.00239. The van der Waals surface area contributed by atoms with Crippen LogP contribution >= 0.6 is 0 Å². The molecule has 0 saturated heterocycles. The number of hydrogen-bond donors (Lipinski definition) is 3. The van der Waals surface area contributed by atoms with E-state index in [0.29, 0.717) is 13.1 Å². The van der Waals surface area contributed by atoms with Crippen LogP contribution in [0, 0.1) is 18.8 Å². The molecule has 1 aromatic carbocycles. The zero-order valence-electron chi connectivity index (χ0n) is 24.4. The summed E-state index contributed by atoms with van der Waals surface area (Å²) in [5.74, 6) is -1.13. The van der Waals surface area contributed by atoms with Crippen LogP contribution in [0.25, 0.3) is 0 Å². The lowest BCUT2D eigenvalue weighted by molar-refractivity contribution is 0.0996. The van der Waals surface area contributed by atoms with Crippen LogP contribution in [-0.2, 0) is 10.0 Å². The third-order valence-corrected chi connectivity index (χ3v) is 9.29. The summed E-state index contributed by atoms with van der Waals surface area (Å²) in [4.78, 5) is 26.4. The number of unbranched alkanes of at least 4 members (excludes halogenated alkanes) is 2. The van der Waals surface area contributed by atoms with E-state index in [2.05, 4.69) is 42.9 Å². The van der Waals surface area contributed by atoms with Crippen molar-refractivity contribution >= 4 is 27.3 Å². The van der Waals surface area contributed by atoms with Crippen LogP contribution in [0.4, 0.5) is 11.4 Å². The number of aromatic hydroxyl groups is 1. The number of carbonyl (C=O) groups excluding carboxylic acids is 1. The molecule has 0 bridgehead atoms. The molecule has 2 unspecified atom stereocenters. The molecule has 2 rings (SSSR count). The van der Waals surface area contributed by atoms with Gasteiger partial charge in [0.1, 0.15) is 16.1 Å². The molecule has 11 heteroatoms. The van der Waals surface area contributed by atoms with Gasteiger partial charge in [-0.25, -0.2) is 8.42 Å². The molecule has 0 aliphatic heterocycles. The second kappa shape index (κ2) is 15.7. The highest BCUT2D eigenvalue weighted by atomic mass is 32.2. The van der Waals surface area contributed by atoms with Gasteiger partial charge >= 0.3 is 0 Å². The van der Waals surface area contributed by atoms with E-state index in [9.17, 15) is 23.1 Å². The van der Waals surface area contributed by atoms with Crippen molar-refractivity contribution in [2.75, 3.05) is 13.1 Å². The lowest BCUT2D eigenvalue weighted by Gasteiger charge is -2.30. The van der Waals surface area contributed by atoms with Gasteiger partial charge < -0.3 is 10.8 Å². The van der Waals surface area contributed by atoms with E-state index in [1.54, 1.807) is 16.4 Å². The first kappa shape index (κ1) is 33.2. The molecule has 0 aliphatic rings. The van der Waals surface area contributed by atoms with Gasteiger partial charge in [0.15, 0.2) is 5.69 Å². The molecule has 0 fully saturated rings. The van der Waals surface area contributed by atoms with Crippen molar-refractivity contribution in [2.24, 2.45) is 27.8 Å². The van der Waals surface area contributed by atoms with Crippen molar-refractivity contribution in [1.82, 2.24) is 9.29 Å². The number of aromatic amines is 1.